The van der Waals surface area contributed by atoms with Crippen LogP contribution in [0.3, 0.4) is 0 Å². The molecule has 1 aliphatic heterocycles. The largest absolute Gasteiger partial charge is 0.489 e. The Balaban J connectivity index is 1.60. The molecule has 1 atom stereocenters. The highest BCUT2D eigenvalue weighted by molar-refractivity contribution is 6.92. The first-order chi connectivity index (χ1) is 17.1. The summed E-state index contributed by atoms with van der Waals surface area (Å²) in [4.78, 5) is 2.59. The third-order valence-electron chi connectivity index (χ3n) is 8.04. The number of hydrogen-bond acceptors (Lipinski definition) is 2. The van der Waals surface area contributed by atoms with Crippen LogP contribution in [-0.4, -0.2) is 32.7 Å². The van der Waals surface area contributed by atoms with Crippen LogP contribution in [0.1, 0.15) is 55.8 Å². The minimum atomic E-state index is -2.14. The molecule has 2 aromatic rings. The summed E-state index contributed by atoms with van der Waals surface area (Å²) < 4.78 is 6.44. The second-order valence-corrected chi connectivity index (χ2v) is 17.0. The number of benzene rings is 2. The average Bonchev–Trinajstić information content (AvgIpc) is 3.44. The molecule has 1 heterocycles. The van der Waals surface area contributed by atoms with Gasteiger partial charge in [0.05, 0.1) is 8.07 Å². The Hall–Kier alpha value is -2.49. The molecule has 0 spiro atoms. The van der Waals surface area contributed by atoms with Gasteiger partial charge in [0.25, 0.3) is 0 Å². The van der Waals surface area contributed by atoms with Gasteiger partial charge < -0.3 is 9.64 Å². The molecule has 0 saturated carbocycles. The van der Waals surface area contributed by atoms with Crippen molar-refractivity contribution in [3.8, 4) is 5.75 Å². The summed E-state index contributed by atoms with van der Waals surface area (Å²) in [5, 5.41) is 2.08. The van der Waals surface area contributed by atoms with Crippen molar-refractivity contribution in [2.45, 2.75) is 57.7 Å². The highest BCUT2D eigenvalue weighted by atomic mass is 35.5. The predicted octanol–water partition coefficient (Wildman–Crippen LogP) is 7.76. The van der Waals surface area contributed by atoms with E-state index in [-0.39, 0.29) is 5.41 Å². The van der Waals surface area contributed by atoms with E-state index in [0.29, 0.717) is 12.1 Å². The average molecular weight is 516 g/mol. The second kappa shape index (κ2) is 9.43. The highest BCUT2D eigenvalue weighted by Crippen LogP contribution is 2.46. The van der Waals surface area contributed by atoms with Gasteiger partial charge >= 0.3 is 0 Å². The fraction of sp³-hybridized carbons (Fsp3) is 0.375. The molecule has 188 valence electrons. The van der Waals surface area contributed by atoms with Crippen LogP contribution in [0.25, 0.3) is 5.70 Å². The van der Waals surface area contributed by atoms with Crippen LogP contribution in [-0.2, 0) is 5.41 Å². The van der Waals surface area contributed by atoms with E-state index < -0.39 is 8.07 Å². The van der Waals surface area contributed by atoms with Crippen molar-refractivity contribution in [1.82, 2.24) is 4.90 Å². The van der Waals surface area contributed by atoms with Gasteiger partial charge in [0.15, 0.2) is 0 Å². The van der Waals surface area contributed by atoms with Gasteiger partial charge in [-0.3, -0.25) is 0 Å². The van der Waals surface area contributed by atoms with Crippen LogP contribution < -0.4 is 9.92 Å². The van der Waals surface area contributed by atoms with Crippen molar-refractivity contribution < 1.29 is 4.74 Å². The summed E-state index contributed by atoms with van der Waals surface area (Å²) in [6.45, 7) is 18.1. The molecule has 0 bridgehead atoms. The maximum Gasteiger partial charge on any atom is 0.122 e. The first-order valence-corrected chi connectivity index (χ1v) is 16.6. The number of hydrogen-bond donors (Lipinski definition) is 0. The standard InChI is InChI=1S/C32H38ClNOSi/c1-7-16-35-31-27(32(2,3)4)17-24(33)18-30(31)36(5,6)29-19-28(25-14-10-11-15-26(25)29)34-20-22-12-8-9-13-23(22)21-34/h7-8,10-12,14-15,17-19,29H,1,9,13,16,20-21H2,2-6H3. The lowest BCUT2D eigenvalue weighted by molar-refractivity contribution is 0.354. The normalized spacial score (nSPS) is 19.3. The SMILES string of the molecule is C=CCOc1c(C(C)(C)C)cc(Cl)cc1[Si](C)(C)C1C=C(N2CC3=C(CCC=C3)C2)c2ccccc21. The molecule has 4 heteroatoms. The van der Waals surface area contributed by atoms with E-state index in [1.54, 1.807) is 5.57 Å². The lowest BCUT2D eigenvalue weighted by Gasteiger charge is -2.34. The van der Waals surface area contributed by atoms with Crippen molar-refractivity contribution in [3.05, 3.63) is 100 Å². The number of rotatable bonds is 6. The third-order valence-corrected chi connectivity index (χ3v) is 12.1. The first kappa shape index (κ1) is 25.2. The predicted molar refractivity (Wildman–Crippen MR) is 157 cm³/mol. The van der Waals surface area contributed by atoms with Crippen molar-refractivity contribution in [3.63, 3.8) is 0 Å². The van der Waals surface area contributed by atoms with Gasteiger partial charge in [-0.25, -0.2) is 0 Å². The Labute approximate surface area is 223 Å². The lowest BCUT2D eigenvalue weighted by Crippen LogP contribution is -2.48. The van der Waals surface area contributed by atoms with E-state index in [1.165, 1.54) is 46.0 Å². The zero-order valence-electron chi connectivity index (χ0n) is 22.3. The summed E-state index contributed by atoms with van der Waals surface area (Å²) in [6, 6.07) is 13.3. The molecule has 2 aromatic carbocycles. The molecule has 0 radical (unpaired) electrons. The van der Waals surface area contributed by atoms with E-state index in [2.05, 4.69) is 100.0 Å². The maximum absolute atomic E-state index is 6.79. The third kappa shape index (κ3) is 4.41. The van der Waals surface area contributed by atoms with Gasteiger partial charge in [0.1, 0.15) is 12.4 Å². The van der Waals surface area contributed by atoms with Crippen LogP contribution in [0.2, 0.25) is 18.1 Å². The van der Waals surface area contributed by atoms with Gasteiger partial charge in [-0.1, -0.05) is 101 Å². The monoisotopic (exact) mass is 515 g/mol. The lowest BCUT2D eigenvalue weighted by atomic mass is 9.86. The molecular formula is C32H38ClNOSi. The van der Waals surface area contributed by atoms with Crippen LogP contribution in [0, 0.1) is 0 Å². The van der Waals surface area contributed by atoms with E-state index in [4.69, 9.17) is 16.3 Å². The number of allylic oxidation sites excluding steroid dienone is 2. The molecule has 0 aromatic heterocycles. The Morgan fingerprint density at radius 2 is 1.94 bits per heavy atom. The molecule has 0 N–H and O–H groups in total. The number of nitrogens with zero attached hydrogens (tertiary/aromatic N) is 1. The van der Waals surface area contributed by atoms with E-state index >= 15 is 0 Å². The second-order valence-electron chi connectivity index (χ2n) is 11.9. The number of halogens is 1. The summed E-state index contributed by atoms with van der Waals surface area (Å²) in [6.07, 6.45) is 11.4. The topological polar surface area (TPSA) is 12.5 Å². The Bertz CT molecular complexity index is 1290. The van der Waals surface area contributed by atoms with E-state index in [9.17, 15) is 0 Å². The first-order valence-electron chi connectivity index (χ1n) is 13.1. The fourth-order valence-corrected chi connectivity index (χ4v) is 9.64. The van der Waals surface area contributed by atoms with Crippen molar-refractivity contribution >= 4 is 30.6 Å². The van der Waals surface area contributed by atoms with Crippen molar-refractivity contribution in [2.75, 3.05) is 19.7 Å². The maximum atomic E-state index is 6.79. The van der Waals surface area contributed by atoms with Crippen molar-refractivity contribution in [2.24, 2.45) is 0 Å². The minimum Gasteiger partial charge on any atom is -0.489 e. The smallest absolute Gasteiger partial charge is 0.122 e. The van der Waals surface area contributed by atoms with Gasteiger partial charge in [0.2, 0.25) is 0 Å². The molecule has 2 aliphatic carbocycles. The van der Waals surface area contributed by atoms with Crippen molar-refractivity contribution in [1.29, 1.82) is 0 Å². The number of ether oxygens (including phenoxy) is 1. The highest BCUT2D eigenvalue weighted by Gasteiger charge is 2.43. The summed E-state index contributed by atoms with van der Waals surface area (Å²) in [7, 11) is -2.14. The van der Waals surface area contributed by atoms with Crippen LogP contribution in [0.15, 0.2) is 78.4 Å². The van der Waals surface area contributed by atoms with Gasteiger partial charge in [-0.2, -0.15) is 0 Å². The van der Waals surface area contributed by atoms with Gasteiger partial charge in [0, 0.05) is 40.5 Å². The molecule has 0 fully saturated rings. The molecule has 36 heavy (non-hydrogen) atoms. The quantitative estimate of drug-likeness (QED) is 0.288. The molecule has 0 amide bonds. The van der Waals surface area contributed by atoms with E-state index in [1.807, 2.05) is 6.08 Å². The fourth-order valence-electron chi connectivity index (χ4n) is 6.08. The molecule has 5 rings (SSSR count). The zero-order valence-corrected chi connectivity index (χ0v) is 24.1. The molecule has 2 nitrogen and oxygen atoms in total. The summed E-state index contributed by atoms with van der Waals surface area (Å²) in [5.41, 5.74) is 8.79. The van der Waals surface area contributed by atoms with Crippen LogP contribution >= 0.6 is 11.6 Å². The Morgan fingerprint density at radius 1 is 1.17 bits per heavy atom. The van der Waals surface area contributed by atoms with E-state index in [0.717, 1.165) is 23.9 Å². The zero-order chi connectivity index (χ0) is 25.7. The van der Waals surface area contributed by atoms with Crippen LogP contribution in [0.4, 0.5) is 0 Å². The summed E-state index contributed by atoms with van der Waals surface area (Å²) in [5.74, 6) is 1.01. The molecule has 1 unspecified atom stereocenters. The summed E-state index contributed by atoms with van der Waals surface area (Å²) >= 11 is 6.79. The Morgan fingerprint density at radius 3 is 2.67 bits per heavy atom. The number of fused-ring (bicyclic) bond motifs is 1. The minimum absolute atomic E-state index is 0.0803. The molecular weight excluding hydrogens is 478 g/mol. The van der Waals surface area contributed by atoms with Gasteiger partial charge in [-0.15, -0.1) is 0 Å². The van der Waals surface area contributed by atoms with Crippen LogP contribution in [0.5, 0.6) is 5.75 Å². The molecule has 3 aliphatic rings. The molecule has 0 saturated heterocycles. The Kier molecular flexibility index (Phi) is 6.59. The van der Waals surface area contributed by atoms with Gasteiger partial charge in [-0.05, 0) is 52.3 Å².